The Hall–Kier alpha value is -1.91. The smallest absolute Gasteiger partial charge is 0.309 e. The summed E-state index contributed by atoms with van der Waals surface area (Å²) in [5.41, 5.74) is -0.321. The maximum atomic E-state index is 12.6. The van der Waals surface area contributed by atoms with Crippen LogP contribution in [0.3, 0.4) is 0 Å². The highest BCUT2D eigenvalue weighted by atomic mass is 28.4. The number of carbonyl (C=O) groups excluding carboxylic acids is 1. The van der Waals surface area contributed by atoms with E-state index >= 15 is 0 Å². The van der Waals surface area contributed by atoms with Crippen LogP contribution < -0.4 is 10.4 Å². The third-order valence-electron chi connectivity index (χ3n) is 6.23. The van der Waals surface area contributed by atoms with E-state index in [1.807, 2.05) is 74.5 Å². The van der Waals surface area contributed by atoms with E-state index in [1.165, 1.54) is 0 Å². The first-order chi connectivity index (χ1) is 13.6. The summed E-state index contributed by atoms with van der Waals surface area (Å²) in [5.74, 6) is -0.407. The highest BCUT2D eigenvalue weighted by molar-refractivity contribution is 6.98. The quantitative estimate of drug-likeness (QED) is 0.486. The Balaban J connectivity index is 2.44. The normalized spacial score (nSPS) is 13.8. The summed E-state index contributed by atoms with van der Waals surface area (Å²) in [4.78, 5) is 24.9. The molecule has 0 heterocycles. The predicted molar refractivity (Wildman–Crippen MR) is 123 cm³/mol. The van der Waals surface area contributed by atoms with E-state index in [1.54, 1.807) is 0 Å². The van der Waals surface area contributed by atoms with Crippen molar-refractivity contribution in [1.29, 1.82) is 0 Å². The largest absolute Gasteiger partial charge is 0.465 e. The number of hydrogen-bond donors (Lipinski definition) is 1. The lowest BCUT2D eigenvalue weighted by molar-refractivity contribution is -0.152. The fourth-order valence-electron chi connectivity index (χ4n) is 4.37. The molecule has 29 heavy (non-hydrogen) atoms. The Morgan fingerprint density at radius 2 is 1.41 bits per heavy atom. The number of hydrogen-bond acceptors (Lipinski definition) is 3. The van der Waals surface area contributed by atoms with Crippen LogP contribution in [0.4, 0.5) is 0 Å². The van der Waals surface area contributed by atoms with Crippen LogP contribution in [0.2, 0.25) is 5.04 Å². The fraction of sp³-hybridized carbons (Fsp3) is 0.480. The number of ether oxygens (including phenoxy) is 1. The second kappa shape index (κ2) is 9.27. The average Bonchev–Trinajstić information content (AvgIpc) is 2.71. The number of benzene rings is 2. The van der Waals surface area contributed by atoms with Crippen molar-refractivity contribution in [2.75, 3.05) is 6.61 Å². The van der Waals surface area contributed by atoms with Crippen LogP contribution in [0.15, 0.2) is 60.7 Å². The minimum atomic E-state index is -3.10. The Labute approximate surface area is 177 Å². The molecule has 0 saturated heterocycles. The molecule has 0 saturated carbocycles. The molecule has 158 valence electrons. The lowest BCUT2D eigenvalue weighted by Gasteiger charge is -2.46. The molecule has 0 spiro atoms. The SMILES string of the molecule is CCCOC(=O)[C@H](C)C(C)(C)CC(C)(C)[Si](O)(c1ccccc1)c1ccccc1. The van der Waals surface area contributed by atoms with Crippen LogP contribution in [0.1, 0.15) is 54.4 Å². The van der Waals surface area contributed by atoms with Gasteiger partial charge in [-0.25, -0.2) is 0 Å². The molecule has 3 nitrogen and oxygen atoms in total. The summed E-state index contributed by atoms with van der Waals surface area (Å²) in [7, 11) is -3.10. The Morgan fingerprint density at radius 1 is 0.966 bits per heavy atom. The van der Waals surface area contributed by atoms with Crippen molar-refractivity contribution >= 4 is 24.7 Å². The lowest BCUT2D eigenvalue weighted by atomic mass is 9.74. The van der Waals surface area contributed by atoms with Crippen LogP contribution in [0.5, 0.6) is 0 Å². The molecule has 2 aromatic carbocycles. The first kappa shape index (κ1) is 23.4. The monoisotopic (exact) mass is 412 g/mol. The minimum absolute atomic E-state index is 0.155. The third-order valence-corrected chi connectivity index (χ3v) is 10.7. The van der Waals surface area contributed by atoms with Crippen molar-refractivity contribution in [3.63, 3.8) is 0 Å². The maximum Gasteiger partial charge on any atom is 0.309 e. The van der Waals surface area contributed by atoms with E-state index in [4.69, 9.17) is 4.74 Å². The van der Waals surface area contributed by atoms with Gasteiger partial charge in [-0.05, 0) is 33.7 Å². The van der Waals surface area contributed by atoms with Crippen molar-refractivity contribution in [1.82, 2.24) is 0 Å². The molecule has 4 heteroatoms. The van der Waals surface area contributed by atoms with Gasteiger partial charge in [-0.15, -0.1) is 0 Å². The zero-order valence-corrected chi connectivity index (χ0v) is 19.7. The van der Waals surface area contributed by atoms with Gasteiger partial charge in [0, 0.05) is 0 Å². The van der Waals surface area contributed by atoms with Gasteiger partial charge >= 0.3 is 5.97 Å². The topological polar surface area (TPSA) is 46.5 Å². The van der Waals surface area contributed by atoms with Gasteiger partial charge < -0.3 is 9.53 Å². The number of esters is 1. The minimum Gasteiger partial charge on any atom is -0.465 e. The Kier molecular flexibility index (Phi) is 7.47. The van der Waals surface area contributed by atoms with Crippen molar-refractivity contribution in [3.05, 3.63) is 60.7 Å². The van der Waals surface area contributed by atoms with E-state index in [0.717, 1.165) is 16.8 Å². The Morgan fingerprint density at radius 3 is 1.83 bits per heavy atom. The predicted octanol–water partition coefficient (Wildman–Crippen LogP) is 4.52. The second-order valence-corrected chi connectivity index (χ2v) is 13.3. The zero-order chi connectivity index (χ0) is 21.7. The van der Waals surface area contributed by atoms with Gasteiger partial charge in [-0.2, -0.15) is 0 Å². The molecule has 2 aromatic rings. The Bertz CT molecular complexity index is 745. The first-order valence-electron chi connectivity index (χ1n) is 10.6. The summed E-state index contributed by atoms with van der Waals surface area (Å²) >= 11 is 0. The molecule has 0 bridgehead atoms. The van der Waals surface area contributed by atoms with E-state index < -0.39 is 13.4 Å². The average molecular weight is 413 g/mol. The summed E-state index contributed by atoms with van der Waals surface area (Å²) < 4.78 is 5.42. The summed E-state index contributed by atoms with van der Waals surface area (Å²) in [5, 5.41) is 1.58. The summed E-state index contributed by atoms with van der Waals surface area (Å²) in [6.45, 7) is 12.9. The van der Waals surface area contributed by atoms with Crippen molar-refractivity contribution < 1.29 is 14.3 Å². The molecular weight excluding hydrogens is 376 g/mol. The van der Waals surface area contributed by atoms with Crippen molar-refractivity contribution in [2.45, 2.75) is 59.4 Å². The zero-order valence-electron chi connectivity index (χ0n) is 18.7. The van der Waals surface area contributed by atoms with Gasteiger partial charge in [0.2, 0.25) is 0 Å². The third kappa shape index (κ3) is 4.99. The van der Waals surface area contributed by atoms with Crippen LogP contribution >= 0.6 is 0 Å². The standard InChI is InChI=1S/C25H36O3Si/c1-7-18-28-23(26)20(2)24(3,4)19-25(5,6)29(27,21-14-10-8-11-15-21)22-16-12-9-13-17-22/h8-17,20,27H,7,18-19H2,1-6H3/t20-/m0/s1. The number of carbonyl (C=O) groups is 1. The van der Waals surface area contributed by atoms with E-state index in [0.29, 0.717) is 13.0 Å². The molecular formula is C25H36O3Si. The molecule has 0 unspecified atom stereocenters. The number of rotatable bonds is 9. The molecule has 0 aliphatic rings. The fourth-order valence-corrected chi connectivity index (χ4v) is 8.33. The van der Waals surface area contributed by atoms with Gasteiger partial charge in [0.05, 0.1) is 12.5 Å². The van der Waals surface area contributed by atoms with E-state index in [9.17, 15) is 9.59 Å². The van der Waals surface area contributed by atoms with Crippen LogP contribution in [-0.2, 0) is 9.53 Å². The molecule has 0 amide bonds. The van der Waals surface area contributed by atoms with E-state index in [-0.39, 0.29) is 17.3 Å². The van der Waals surface area contributed by atoms with Gasteiger partial charge in [0.1, 0.15) is 0 Å². The van der Waals surface area contributed by atoms with Crippen LogP contribution in [0, 0.1) is 11.3 Å². The molecule has 1 N–H and O–H groups in total. The van der Waals surface area contributed by atoms with Gasteiger partial charge in [-0.3, -0.25) is 4.79 Å². The van der Waals surface area contributed by atoms with Crippen LogP contribution in [-0.4, -0.2) is 25.7 Å². The van der Waals surface area contributed by atoms with Crippen molar-refractivity contribution in [3.8, 4) is 0 Å². The molecule has 0 aromatic heterocycles. The molecule has 0 radical (unpaired) electrons. The molecule has 2 rings (SSSR count). The molecule has 0 aliphatic heterocycles. The molecule has 0 fully saturated rings. The summed E-state index contributed by atoms with van der Waals surface area (Å²) in [6, 6.07) is 20.0. The second-order valence-electron chi connectivity index (χ2n) is 9.38. The molecule has 0 aliphatic carbocycles. The van der Waals surface area contributed by atoms with Gasteiger partial charge in [-0.1, -0.05) is 102 Å². The highest BCUT2D eigenvalue weighted by Crippen LogP contribution is 2.48. The first-order valence-corrected chi connectivity index (χ1v) is 12.5. The maximum absolute atomic E-state index is 12.6. The van der Waals surface area contributed by atoms with Gasteiger partial charge in [0.15, 0.2) is 0 Å². The highest BCUT2D eigenvalue weighted by Gasteiger charge is 2.53. The lowest BCUT2D eigenvalue weighted by Crippen LogP contribution is -2.66. The van der Waals surface area contributed by atoms with Crippen LogP contribution in [0.25, 0.3) is 0 Å². The van der Waals surface area contributed by atoms with Crippen molar-refractivity contribution in [2.24, 2.45) is 11.3 Å². The molecule has 1 atom stereocenters. The summed E-state index contributed by atoms with van der Waals surface area (Å²) in [6.07, 6.45) is 1.52. The van der Waals surface area contributed by atoms with Gasteiger partial charge in [0.25, 0.3) is 8.32 Å². The van der Waals surface area contributed by atoms with E-state index in [2.05, 4.69) is 27.7 Å².